The highest BCUT2D eigenvalue weighted by atomic mass is 127. The number of hydrogen-bond donors (Lipinski definition) is 5. The van der Waals surface area contributed by atoms with Gasteiger partial charge in [0.15, 0.2) is 0 Å². The molecule has 14 rings (SSSR count). The van der Waals surface area contributed by atoms with Crippen LogP contribution >= 0.6 is 22.6 Å². The van der Waals surface area contributed by atoms with E-state index in [1.54, 1.807) is 12.1 Å². The maximum absolute atomic E-state index is 13.1. The summed E-state index contributed by atoms with van der Waals surface area (Å²) in [4.78, 5) is 37.1. The Balaban J connectivity index is 0.000000157. The maximum Gasteiger partial charge on any atom is 0.522 e. The number of aromatic carboxylic acids is 1. The Labute approximate surface area is 540 Å². The topological polar surface area (TPSA) is 254 Å². The molecule has 4 bridgehead atoms. The van der Waals surface area contributed by atoms with Crippen molar-refractivity contribution in [1.29, 1.82) is 0 Å². The number of carboxylic acids is 1. The Hall–Kier alpha value is -4.17. The number of phenols is 1. The zero-order valence-electron chi connectivity index (χ0n) is 54.5. The zero-order valence-corrected chi connectivity index (χ0v) is 56.7. The van der Waals surface area contributed by atoms with Crippen molar-refractivity contribution in [3.8, 4) is 23.0 Å². The summed E-state index contributed by atoms with van der Waals surface area (Å²) < 4.78 is 64.4. The lowest BCUT2D eigenvalue weighted by molar-refractivity contribution is -0.199. The molecule has 5 heterocycles. The van der Waals surface area contributed by atoms with E-state index in [9.17, 15) is 29.6 Å². The van der Waals surface area contributed by atoms with Crippen molar-refractivity contribution in [1.82, 2.24) is 0 Å². The van der Waals surface area contributed by atoms with Gasteiger partial charge in [0.05, 0.1) is 67.0 Å². The van der Waals surface area contributed by atoms with E-state index in [-0.39, 0.29) is 78.1 Å². The highest BCUT2D eigenvalue weighted by Gasteiger charge is 2.69. The fourth-order valence-corrected chi connectivity index (χ4v) is 15.2. The summed E-state index contributed by atoms with van der Waals surface area (Å²) in [6, 6.07) is 10.5. The molecule has 0 spiro atoms. The Morgan fingerprint density at radius 3 is 1.58 bits per heavy atom. The molecular weight excluding hydrogens is 1260 g/mol. The third-order valence-electron chi connectivity index (χ3n) is 20.1. The van der Waals surface area contributed by atoms with E-state index in [0.29, 0.717) is 71.9 Å². The van der Waals surface area contributed by atoms with Crippen LogP contribution in [0.1, 0.15) is 168 Å². The maximum atomic E-state index is 13.1. The molecule has 19 nitrogen and oxygen atoms in total. The molecule has 6 unspecified atom stereocenters. The summed E-state index contributed by atoms with van der Waals surface area (Å²) >= 11 is 2.37. The third kappa shape index (κ3) is 14.9. The number of aliphatic hydroxyl groups excluding tert-OH is 2. The molecule has 89 heavy (non-hydrogen) atoms. The average Bonchev–Trinajstić information content (AvgIpc) is 1.69. The SMILES string of the molecule is Cc1c(CCB2OC3CC4CC(C4(C)C)[C@]3(C)O2)ccc(O)c1C(=O)OC(C)(C)C.Cc1c(CCB2OC3CC4CC(C4(C)C)[C@]3(C)O2)ccc(OC2COC2)c1C(=O)OC(C)(C)C.IC1COC1.O=C(O)c1c(OC(CO)CO)ccc2c1OB(O)CC2. The predicted molar refractivity (Wildman–Crippen MR) is 345 cm³/mol. The van der Waals surface area contributed by atoms with Gasteiger partial charge in [-0.2, -0.15) is 0 Å². The van der Waals surface area contributed by atoms with Crippen LogP contribution in [0.25, 0.3) is 0 Å². The van der Waals surface area contributed by atoms with Crippen LogP contribution in [-0.2, 0) is 56.8 Å². The number of carbonyl (C=O) groups excluding carboxylic acids is 2. The summed E-state index contributed by atoms with van der Waals surface area (Å²) in [6.45, 7) is 31.1. The number of aliphatic hydroxyl groups is 2. The van der Waals surface area contributed by atoms with Gasteiger partial charge in [0.25, 0.3) is 0 Å². The van der Waals surface area contributed by atoms with E-state index >= 15 is 0 Å². The molecule has 11 aliphatic rings. The summed E-state index contributed by atoms with van der Waals surface area (Å²) in [7, 11) is -1.49. The lowest BCUT2D eigenvalue weighted by Crippen LogP contribution is -2.65. The molecule has 5 aliphatic heterocycles. The summed E-state index contributed by atoms with van der Waals surface area (Å²) in [5, 5.41) is 47.0. The normalized spacial score (nSPS) is 27.5. The minimum absolute atomic E-state index is 0.0153. The van der Waals surface area contributed by atoms with E-state index in [2.05, 4.69) is 70.2 Å². The molecule has 6 saturated carbocycles. The van der Waals surface area contributed by atoms with E-state index in [0.717, 1.165) is 83.1 Å². The van der Waals surface area contributed by atoms with Crippen LogP contribution in [0, 0.1) is 48.3 Å². The number of halogens is 1. The number of hydrogen-bond acceptors (Lipinski definition) is 18. The van der Waals surface area contributed by atoms with Crippen molar-refractivity contribution in [2.75, 3.05) is 39.6 Å². The summed E-state index contributed by atoms with van der Waals surface area (Å²) in [5.74, 6) is 1.06. The van der Waals surface area contributed by atoms with E-state index in [1.165, 1.54) is 18.9 Å². The summed E-state index contributed by atoms with van der Waals surface area (Å²) in [5.41, 5.74) is 4.05. The standard InChI is InChI=1S/C27H39BO6.C24H35BO5.C12H15BO7.C3H5IO/c1-16-17(8-9-20(31-19-14-30-15-19)23(16)24(29)32-25(2,3)4)10-11-28-33-22-13-18-12-21(26(18,5)6)27(22,7)34-28;1-14-15(8-9-17(26)20(14)21(27)28-22(2,3)4)10-11-25-29-19-13-16-12-18(23(16,5)6)24(19,7)30-25;14-5-8(6-15)19-9-2-1-7-3-4-13(18)20-11(7)10(9)12(16)17;4-3-1-5-2-3/h8-9,18-19,21-22H,10-15H2,1-7H3;8-9,16,18-19,26H,10-13H2,1-7H3;1-2,8,14-15,18H,3-6H2,(H,16,17);3H,1-2H2/t18?,21?,22?,27-;16?,18?,19?,24-;;/m00../s1. The van der Waals surface area contributed by atoms with Gasteiger partial charge in [-0.3, -0.25) is 0 Å². The molecule has 0 radical (unpaired) electrons. The molecule has 3 aromatic rings. The van der Waals surface area contributed by atoms with Crippen LogP contribution in [0.5, 0.6) is 23.0 Å². The number of fused-ring (bicyclic) bond motifs is 1. The molecule has 0 amide bonds. The van der Waals surface area contributed by atoms with Gasteiger partial charge in [-0.05, 0) is 214 Å². The van der Waals surface area contributed by atoms with Gasteiger partial charge in [-0.25, -0.2) is 14.4 Å². The van der Waals surface area contributed by atoms with Gasteiger partial charge in [0, 0.05) is 0 Å². The smallest absolute Gasteiger partial charge is 0.522 e. The first-order valence-corrected chi connectivity index (χ1v) is 33.1. The van der Waals surface area contributed by atoms with Gasteiger partial charge in [0.1, 0.15) is 63.1 Å². The molecule has 10 fully saturated rings. The van der Waals surface area contributed by atoms with Gasteiger partial charge in [-0.15, -0.1) is 0 Å². The van der Waals surface area contributed by atoms with Crippen molar-refractivity contribution < 1.29 is 91.5 Å². The predicted octanol–water partition coefficient (Wildman–Crippen LogP) is 10.3. The van der Waals surface area contributed by atoms with Gasteiger partial charge >= 0.3 is 39.3 Å². The fraction of sp³-hybridized carbons (Fsp3) is 0.682. The van der Waals surface area contributed by atoms with Crippen LogP contribution in [0.2, 0.25) is 19.0 Å². The molecule has 0 aromatic heterocycles. The highest BCUT2D eigenvalue weighted by Crippen LogP contribution is 2.67. The first kappa shape index (κ1) is 69.2. The second kappa shape index (κ2) is 27.0. The summed E-state index contributed by atoms with van der Waals surface area (Å²) in [6.07, 6.45) is 7.95. The number of carbonyl (C=O) groups is 3. The van der Waals surface area contributed by atoms with E-state index in [4.69, 9.17) is 61.9 Å². The number of aromatic hydroxyl groups is 1. The van der Waals surface area contributed by atoms with Crippen LogP contribution < -0.4 is 14.1 Å². The van der Waals surface area contributed by atoms with Crippen LogP contribution in [0.4, 0.5) is 0 Å². The average molecular weight is 1350 g/mol. The lowest BCUT2D eigenvalue weighted by atomic mass is 9.43. The van der Waals surface area contributed by atoms with Gasteiger partial charge < -0.3 is 77.1 Å². The van der Waals surface area contributed by atoms with E-state index in [1.807, 2.05) is 67.5 Å². The number of rotatable bonds is 15. The van der Waals surface area contributed by atoms with Crippen molar-refractivity contribution in [3.63, 3.8) is 0 Å². The van der Waals surface area contributed by atoms with Gasteiger partial charge in [0.2, 0.25) is 0 Å². The zero-order chi connectivity index (χ0) is 64.9. The third-order valence-corrected chi connectivity index (χ3v) is 20.9. The minimum Gasteiger partial charge on any atom is -0.535 e. The quantitative estimate of drug-likeness (QED) is 0.0410. The molecule has 8 atom stereocenters. The minimum atomic E-state index is -1.26. The molecule has 4 saturated heterocycles. The lowest BCUT2D eigenvalue weighted by Gasteiger charge is -2.64. The van der Waals surface area contributed by atoms with Crippen LogP contribution in [0.15, 0.2) is 36.4 Å². The van der Waals surface area contributed by atoms with Crippen LogP contribution in [0.3, 0.4) is 0 Å². The largest absolute Gasteiger partial charge is 0.535 e. The first-order valence-electron chi connectivity index (χ1n) is 31.8. The number of phenolic OH excluding ortho intramolecular Hbond substituents is 1. The number of alkyl halides is 1. The fourth-order valence-electron chi connectivity index (χ4n) is 14.7. The van der Waals surface area contributed by atoms with E-state index < -0.39 is 49.6 Å². The Kier molecular flexibility index (Phi) is 21.0. The van der Waals surface area contributed by atoms with Crippen LogP contribution in [-0.4, -0.2) is 155 Å². The molecule has 488 valence electrons. The number of carboxylic acid groups (broad SMARTS) is 1. The number of esters is 2. The van der Waals surface area contributed by atoms with Crippen molar-refractivity contribution >= 4 is 61.9 Å². The number of aryl methyl sites for hydroxylation is 3. The molecule has 3 aromatic carbocycles. The molecule has 23 heteroatoms. The molecule has 5 N–H and O–H groups in total. The number of ether oxygens (including phenoxy) is 6. The monoisotopic (exact) mass is 1350 g/mol. The first-order chi connectivity index (χ1) is 41.7. The second-order valence-electron chi connectivity index (χ2n) is 29.2. The molecule has 6 aliphatic carbocycles. The Morgan fingerprint density at radius 1 is 0.674 bits per heavy atom. The highest BCUT2D eigenvalue weighted by molar-refractivity contribution is 14.1. The van der Waals surface area contributed by atoms with Crippen molar-refractivity contribution in [2.24, 2.45) is 34.5 Å². The second-order valence-corrected chi connectivity index (χ2v) is 31.0. The molecular formula is C66H94B3IO19. The van der Waals surface area contributed by atoms with Crippen molar-refractivity contribution in [2.45, 2.75) is 212 Å². The number of benzene rings is 3. The van der Waals surface area contributed by atoms with Crippen molar-refractivity contribution in [3.05, 3.63) is 80.9 Å². The Bertz CT molecular complexity index is 3040. The van der Waals surface area contributed by atoms with Gasteiger partial charge in [-0.1, -0.05) is 68.5 Å². The Morgan fingerprint density at radius 2 is 1.15 bits per heavy atom.